The summed E-state index contributed by atoms with van der Waals surface area (Å²) < 4.78 is 18.1. The second-order valence-corrected chi connectivity index (χ2v) is 7.20. The number of thiazole rings is 1. The van der Waals surface area contributed by atoms with E-state index in [2.05, 4.69) is 10.3 Å². The summed E-state index contributed by atoms with van der Waals surface area (Å²) in [4.78, 5) is 40.4. The van der Waals surface area contributed by atoms with Crippen LogP contribution in [0.5, 0.6) is 0 Å². The molecule has 0 atom stereocenters. The number of aryl methyl sites for hydroxylation is 1. The largest absolute Gasteiger partial charge is 0.451 e. The van der Waals surface area contributed by atoms with Gasteiger partial charge in [0.05, 0.1) is 5.69 Å². The first-order valence-corrected chi connectivity index (χ1v) is 9.46. The summed E-state index contributed by atoms with van der Waals surface area (Å²) in [5.41, 5.74) is 2.05. The van der Waals surface area contributed by atoms with E-state index in [0.29, 0.717) is 27.5 Å². The van der Waals surface area contributed by atoms with Gasteiger partial charge < -0.3 is 10.1 Å². The van der Waals surface area contributed by atoms with Crippen LogP contribution in [0.3, 0.4) is 0 Å². The Morgan fingerprint density at radius 1 is 1.14 bits per heavy atom. The molecule has 1 aromatic heterocycles. The normalized spacial score (nSPS) is 10.4. The van der Waals surface area contributed by atoms with Crippen molar-refractivity contribution in [2.45, 2.75) is 13.8 Å². The fraction of sp³-hybridized carbons (Fsp3) is 0.143. The highest BCUT2D eigenvalue weighted by atomic mass is 32.1. The number of hydrogen-bond acceptors (Lipinski definition) is 6. The monoisotopic (exact) mass is 412 g/mol. The number of benzene rings is 2. The summed E-state index contributed by atoms with van der Waals surface area (Å²) in [6.45, 7) is 2.61. The van der Waals surface area contributed by atoms with E-state index in [1.807, 2.05) is 0 Å². The molecule has 0 aliphatic carbocycles. The van der Waals surface area contributed by atoms with Crippen molar-refractivity contribution in [1.82, 2.24) is 4.98 Å². The Labute approximate surface area is 170 Å². The summed E-state index contributed by atoms with van der Waals surface area (Å²) >= 11 is 1.11. The van der Waals surface area contributed by atoms with Crippen LogP contribution >= 0.6 is 11.3 Å². The summed E-state index contributed by atoms with van der Waals surface area (Å²) in [5.74, 6) is -1.67. The topological polar surface area (TPSA) is 85.4 Å². The van der Waals surface area contributed by atoms with Gasteiger partial charge in [-0.05, 0) is 50.2 Å². The number of esters is 1. The van der Waals surface area contributed by atoms with Gasteiger partial charge in [0.2, 0.25) is 0 Å². The summed E-state index contributed by atoms with van der Waals surface area (Å²) in [7, 11) is 0. The second kappa shape index (κ2) is 8.74. The Kier molecular flexibility index (Phi) is 6.13. The maximum absolute atomic E-state index is 13.1. The number of anilines is 1. The van der Waals surface area contributed by atoms with Crippen molar-refractivity contribution in [1.29, 1.82) is 0 Å². The molecule has 0 radical (unpaired) electrons. The third-order valence-corrected chi connectivity index (χ3v) is 5.15. The first-order chi connectivity index (χ1) is 13.8. The van der Waals surface area contributed by atoms with E-state index in [0.717, 1.165) is 11.3 Å². The molecule has 29 heavy (non-hydrogen) atoms. The predicted octanol–water partition coefficient (Wildman–Crippen LogP) is 4.26. The second-order valence-electron chi connectivity index (χ2n) is 6.20. The van der Waals surface area contributed by atoms with Crippen LogP contribution in [0.1, 0.15) is 32.6 Å². The van der Waals surface area contributed by atoms with Gasteiger partial charge in [-0.3, -0.25) is 9.59 Å². The summed E-state index contributed by atoms with van der Waals surface area (Å²) in [6, 6.07) is 12.2. The van der Waals surface area contributed by atoms with Gasteiger partial charge in [0.25, 0.3) is 5.91 Å². The van der Waals surface area contributed by atoms with Gasteiger partial charge in [0.1, 0.15) is 15.7 Å². The lowest BCUT2D eigenvalue weighted by Crippen LogP contribution is -2.21. The molecule has 0 saturated heterocycles. The third-order valence-electron chi connectivity index (χ3n) is 3.96. The van der Waals surface area contributed by atoms with Crippen LogP contribution in [-0.4, -0.2) is 29.3 Å². The molecular weight excluding hydrogens is 395 g/mol. The smallest absolute Gasteiger partial charge is 0.350 e. The average molecular weight is 412 g/mol. The average Bonchev–Trinajstić information content (AvgIpc) is 3.08. The minimum absolute atomic E-state index is 0.120. The van der Waals surface area contributed by atoms with Crippen molar-refractivity contribution in [3.8, 4) is 10.6 Å². The number of nitrogens with zero attached hydrogens (tertiary/aromatic N) is 1. The number of carbonyl (C=O) groups excluding carboxylic acids is 3. The van der Waals surface area contributed by atoms with Crippen molar-refractivity contribution < 1.29 is 23.5 Å². The van der Waals surface area contributed by atoms with Crippen molar-refractivity contribution in [3.05, 3.63) is 70.5 Å². The van der Waals surface area contributed by atoms with Gasteiger partial charge >= 0.3 is 5.97 Å². The molecule has 2 aromatic carbocycles. The van der Waals surface area contributed by atoms with E-state index >= 15 is 0 Å². The molecule has 0 unspecified atom stereocenters. The molecule has 0 saturated carbocycles. The molecule has 0 fully saturated rings. The van der Waals surface area contributed by atoms with Gasteiger partial charge in [-0.1, -0.05) is 12.1 Å². The quantitative estimate of drug-likeness (QED) is 0.483. The number of ether oxygens (including phenoxy) is 1. The molecular formula is C21H17FN2O4S. The van der Waals surface area contributed by atoms with Gasteiger partial charge in [-0.2, -0.15) is 0 Å². The number of halogens is 1. The number of amides is 1. The van der Waals surface area contributed by atoms with Crippen LogP contribution in [0.15, 0.2) is 48.5 Å². The molecule has 0 spiro atoms. The van der Waals surface area contributed by atoms with Crippen LogP contribution in [0.25, 0.3) is 10.6 Å². The maximum atomic E-state index is 13.1. The number of carbonyl (C=O) groups is 3. The number of hydrogen-bond donors (Lipinski definition) is 1. The van der Waals surface area contributed by atoms with Crippen LogP contribution < -0.4 is 5.32 Å². The highest BCUT2D eigenvalue weighted by molar-refractivity contribution is 7.17. The highest BCUT2D eigenvalue weighted by Crippen LogP contribution is 2.28. The lowest BCUT2D eigenvalue weighted by molar-refractivity contribution is -0.119. The first-order valence-electron chi connectivity index (χ1n) is 8.65. The Hall–Kier alpha value is -3.39. The van der Waals surface area contributed by atoms with E-state index in [9.17, 15) is 18.8 Å². The van der Waals surface area contributed by atoms with Crippen molar-refractivity contribution in [2.75, 3.05) is 11.9 Å². The minimum atomic E-state index is -0.666. The highest BCUT2D eigenvalue weighted by Gasteiger charge is 2.19. The standard InChI is InChI=1S/C21H17FN2O4S/c1-12-19(29-20(23-12)14-6-8-16(22)9-7-14)21(27)28-11-18(26)24-17-5-3-4-15(10-17)13(2)25/h3-10H,11H2,1-2H3,(H,24,26). The van der Waals surface area contributed by atoms with Crippen molar-refractivity contribution >= 4 is 34.7 Å². The van der Waals surface area contributed by atoms with Crippen molar-refractivity contribution in [3.63, 3.8) is 0 Å². The van der Waals surface area contributed by atoms with Gasteiger partial charge in [-0.25, -0.2) is 14.2 Å². The number of Topliss-reactive ketones (excluding diaryl/α,β-unsaturated/α-hetero) is 1. The van der Waals surface area contributed by atoms with E-state index in [-0.39, 0.29) is 16.5 Å². The van der Waals surface area contributed by atoms with Crippen LogP contribution in [0.4, 0.5) is 10.1 Å². The van der Waals surface area contributed by atoms with Crippen LogP contribution in [0, 0.1) is 12.7 Å². The molecule has 1 heterocycles. The molecule has 6 nitrogen and oxygen atoms in total. The molecule has 148 valence electrons. The van der Waals surface area contributed by atoms with E-state index < -0.39 is 18.5 Å². The van der Waals surface area contributed by atoms with Gasteiger partial charge in [-0.15, -0.1) is 11.3 Å². The Morgan fingerprint density at radius 3 is 2.55 bits per heavy atom. The molecule has 0 bridgehead atoms. The Balaban J connectivity index is 1.62. The number of rotatable bonds is 6. The van der Waals surface area contributed by atoms with Crippen molar-refractivity contribution in [2.24, 2.45) is 0 Å². The molecule has 8 heteroatoms. The number of ketones is 1. The minimum Gasteiger partial charge on any atom is -0.451 e. The Bertz CT molecular complexity index is 1080. The van der Waals surface area contributed by atoms with Gasteiger partial charge in [0.15, 0.2) is 12.4 Å². The molecule has 1 N–H and O–H groups in total. The molecule has 1 amide bonds. The fourth-order valence-corrected chi connectivity index (χ4v) is 3.48. The summed E-state index contributed by atoms with van der Waals surface area (Å²) in [6.07, 6.45) is 0. The zero-order valence-electron chi connectivity index (χ0n) is 15.7. The first kappa shape index (κ1) is 20.3. The fourth-order valence-electron chi connectivity index (χ4n) is 2.51. The van der Waals surface area contributed by atoms with E-state index in [4.69, 9.17) is 4.74 Å². The molecule has 0 aliphatic heterocycles. The van der Waals surface area contributed by atoms with Crippen LogP contribution in [-0.2, 0) is 9.53 Å². The zero-order valence-corrected chi connectivity index (χ0v) is 16.5. The SMILES string of the molecule is CC(=O)c1cccc(NC(=O)COC(=O)c2sc(-c3ccc(F)cc3)nc2C)c1. The molecule has 3 aromatic rings. The van der Waals surface area contributed by atoms with E-state index in [1.54, 1.807) is 43.3 Å². The molecule has 3 rings (SSSR count). The maximum Gasteiger partial charge on any atom is 0.350 e. The summed E-state index contributed by atoms with van der Waals surface area (Å²) in [5, 5.41) is 3.13. The lowest BCUT2D eigenvalue weighted by Gasteiger charge is -2.07. The zero-order chi connectivity index (χ0) is 21.0. The predicted molar refractivity (Wildman–Crippen MR) is 108 cm³/mol. The lowest BCUT2D eigenvalue weighted by atomic mass is 10.1. The third kappa shape index (κ3) is 5.11. The van der Waals surface area contributed by atoms with E-state index in [1.165, 1.54) is 19.1 Å². The molecule has 0 aliphatic rings. The number of nitrogens with one attached hydrogen (secondary N) is 1. The number of aromatic nitrogens is 1. The van der Waals surface area contributed by atoms with Gasteiger partial charge in [0, 0.05) is 16.8 Å². The Morgan fingerprint density at radius 2 is 1.86 bits per heavy atom. The van der Waals surface area contributed by atoms with Crippen LogP contribution in [0.2, 0.25) is 0 Å².